The number of hydrogen-bond donors (Lipinski definition) is 1. The molecule has 1 heterocycles. The smallest absolute Gasteiger partial charge is 0.0587 e. The summed E-state index contributed by atoms with van der Waals surface area (Å²) in [5.41, 5.74) is 4.16. The van der Waals surface area contributed by atoms with Crippen LogP contribution in [0, 0.1) is 13.8 Å². The molecule has 1 rings (SSSR count). The minimum absolute atomic E-state index is 0.772. The summed E-state index contributed by atoms with van der Waals surface area (Å²) < 4.78 is 7.41. The fourth-order valence-electron chi connectivity index (χ4n) is 2.02. The first-order valence-electron chi connectivity index (χ1n) is 6.06. The number of nitrogens with one attached hydrogen (secondary N) is 1. The first kappa shape index (κ1) is 13.3. The molecule has 16 heavy (non-hydrogen) atoms. The zero-order chi connectivity index (χ0) is 12.0. The van der Waals surface area contributed by atoms with E-state index in [4.69, 9.17) is 4.74 Å². The highest BCUT2D eigenvalue weighted by Crippen LogP contribution is 2.15. The molecule has 3 nitrogen and oxygen atoms in total. The quantitative estimate of drug-likeness (QED) is 0.719. The van der Waals surface area contributed by atoms with Gasteiger partial charge in [-0.3, -0.25) is 0 Å². The van der Waals surface area contributed by atoms with Gasteiger partial charge in [-0.05, 0) is 31.9 Å². The van der Waals surface area contributed by atoms with Gasteiger partial charge in [-0.25, -0.2) is 0 Å². The fourth-order valence-corrected chi connectivity index (χ4v) is 2.02. The number of aromatic nitrogens is 1. The third-order valence-electron chi connectivity index (χ3n) is 2.92. The predicted molar refractivity (Wildman–Crippen MR) is 67.8 cm³/mol. The normalized spacial score (nSPS) is 11.0. The second kappa shape index (κ2) is 6.71. The summed E-state index contributed by atoms with van der Waals surface area (Å²) in [6.07, 6.45) is 1.19. The summed E-state index contributed by atoms with van der Waals surface area (Å²) in [5.74, 6) is 0. The van der Waals surface area contributed by atoms with E-state index in [1.165, 1.54) is 23.4 Å². The van der Waals surface area contributed by atoms with Crippen molar-refractivity contribution in [2.24, 2.45) is 0 Å². The van der Waals surface area contributed by atoms with Crippen LogP contribution in [-0.4, -0.2) is 24.8 Å². The molecule has 0 aliphatic carbocycles. The topological polar surface area (TPSA) is 26.2 Å². The van der Waals surface area contributed by atoms with Crippen LogP contribution in [0.3, 0.4) is 0 Å². The van der Waals surface area contributed by atoms with Gasteiger partial charge in [-0.2, -0.15) is 0 Å². The molecule has 92 valence electrons. The van der Waals surface area contributed by atoms with Crippen LogP contribution in [0.2, 0.25) is 0 Å². The van der Waals surface area contributed by atoms with E-state index in [1.54, 1.807) is 7.11 Å². The fraction of sp³-hybridized carbons (Fsp3) is 0.692. The van der Waals surface area contributed by atoms with E-state index < -0.39 is 0 Å². The van der Waals surface area contributed by atoms with Gasteiger partial charge in [0.05, 0.1) is 6.61 Å². The number of rotatable bonds is 7. The highest BCUT2D eigenvalue weighted by molar-refractivity contribution is 5.26. The van der Waals surface area contributed by atoms with E-state index in [2.05, 4.69) is 36.7 Å². The summed E-state index contributed by atoms with van der Waals surface area (Å²) >= 11 is 0. The Labute approximate surface area is 98.8 Å². The van der Waals surface area contributed by atoms with Gasteiger partial charge in [0.2, 0.25) is 0 Å². The van der Waals surface area contributed by atoms with Gasteiger partial charge in [0.15, 0.2) is 0 Å². The number of hydrogen-bond acceptors (Lipinski definition) is 2. The molecule has 1 aromatic rings. The molecule has 3 heteroatoms. The lowest BCUT2D eigenvalue weighted by Gasteiger charge is -2.08. The largest absolute Gasteiger partial charge is 0.383 e. The molecule has 0 radical (unpaired) electrons. The Morgan fingerprint density at radius 1 is 1.38 bits per heavy atom. The van der Waals surface area contributed by atoms with Crippen molar-refractivity contribution in [3.63, 3.8) is 0 Å². The Balaban J connectivity index is 2.56. The van der Waals surface area contributed by atoms with E-state index in [0.29, 0.717) is 0 Å². The lowest BCUT2D eigenvalue weighted by molar-refractivity contribution is 0.199. The maximum Gasteiger partial charge on any atom is 0.0587 e. The summed E-state index contributed by atoms with van der Waals surface area (Å²) in [5, 5.41) is 3.39. The first-order valence-corrected chi connectivity index (χ1v) is 6.06. The van der Waals surface area contributed by atoms with E-state index >= 15 is 0 Å². The Kier molecular flexibility index (Phi) is 5.56. The number of aryl methyl sites for hydroxylation is 1. The van der Waals surface area contributed by atoms with Gasteiger partial charge >= 0.3 is 0 Å². The van der Waals surface area contributed by atoms with E-state index in [0.717, 1.165) is 26.2 Å². The van der Waals surface area contributed by atoms with Gasteiger partial charge in [0, 0.05) is 38.1 Å². The standard InChI is InChI=1S/C13H24N2O/c1-5-7-15-11(2)9-13(12(15)3)10-14-6-8-16-4/h9,14H,5-8,10H2,1-4H3. The lowest BCUT2D eigenvalue weighted by atomic mass is 10.2. The van der Waals surface area contributed by atoms with Crippen LogP contribution in [0.25, 0.3) is 0 Å². The molecular formula is C13H24N2O. The molecular weight excluding hydrogens is 200 g/mol. The third-order valence-corrected chi connectivity index (χ3v) is 2.92. The van der Waals surface area contributed by atoms with Gasteiger partial charge < -0.3 is 14.6 Å². The molecule has 0 atom stereocenters. The highest BCUT2D eigenvalue weighted by Gasteiger charge is 2.07. The molecule has 0 saturated heterocycles. The minimum Gasteiger partial charge on any atom is -0.383 e. The monoisotopic (exact) mass is 224 g/mol. The van der Waals surface area contributed by atoms with Crippen LogP contribution in [0.15, 0.2) is 6.07 Å². The molecule has 0 aliphatic heterocycles. The second-order valence-electron chi connectivity index (χ2n) is 4.22. The number of ether oxygens (including phenoxy) is 1. The van der Waals surface area contributed by atoms with Crippen molar-refractivity contribution in [2.75, 3.05) is 20.3 Å². The maximum absolute atomic E-state index is 5.01. The average Bonchev–Trinajstić information content (AvgIpc) is 2.53. The van der Waals surface area contributed by atoms with Crippen LogP contribution < -0.4 is 5.32 Å². The Hall–Kier alpha value is -0.800. The van der Waals surface area contributed by atoms with Gasteiger partial charge in [0.25, 0.3) is 0 Å². The van der Waals surface area contributed by atoms with E-state index in [1.807, 2.05) is 0 Å². The molecule has 0 aromatic carbocycles. The molecule has 1 N–H and O–H groups in total. The molecule has 0 spiro atoms. The van der Waals surface area contributed by atoms with Crippen LogP contribution in [-0.2, 0) is 17.8 Å². The first-order chi connectivity index (χ1) is 7.70. The van der Waals surface area contributed by atoms with Crippen molar-refractivity contribution in [2.45, 2.75) is 40.3 Å². The van der Waals surface area contributed by atoms with Gasteiger partial charge in [-0.1, -0.05) is 6.92 Å². The van der Waals surface area contributed by atoms with E-state index in [-0.39, 0.29) is 0 Å². The SMILES string of the molecule is CCCn1c(C)cc(CNCCOC)c1C. The van der Waals surface area contributed by atoms with E-state index in [9.17, 15) is 0 Å². The van der Waals surface area contributed by atoms with Gasteiger partial charge in [0.1, 0.15) is 0 Å². The summed E-state index contributed by atoms with van der Waals surface area (Å²) in [6.45, 7) is 10.3. The number of methoxy groups -OCH3 is 1. The van der Waals surface area contributed by atoms with Crippen molar-refractivity contribution in [1.82, 2.24) is 9.88 Å². The van der Waals surface area contributed by atoms with Crippen LogP contribution in [0.5, 0.6) is 0 Å². The van der Waals surface area contributed by atoms with Crippen LogP contribution in [0.4, 0.5) is 0 Å². The minimum atomic E-state index is 0.772. The van der Waals surface area contributed by atoms with Crippen LogP contribution in [0.1, 0.15) is 30.3 Å². The Morgan fingerprint density at radius 3 is 2.75 bits per heavy atom. The Morgan fingerprint density at radius 2 is 2.12 bits per heavy atom. The average molecular weight is 224 g/mol. The maximum atomic E-state index is 5.01. The zero-order valence-electron chi connectivity index (χ0n) is 11.0. The van der Waals surface area contributed by atoms with Crippen molar-refractivity contribution in [3.8, 4) is 0 Å². The summed E-state index contributed by atoms with van der Waals surface area (Å²) in [4.78, 5) is 0. The summed E-state index contributed by atoms with van der Waals surface area (Å²) in [6, 6.07) is 2.28. The van der Waals surface area contributed by atoms with Crippen molar-refractivity contribution in [3.05, 3.63) is 23.0 Å². The van der Waals surface area contributed by atoms with Crippen molar-refractivity contribution < 1.29 is 4.74 Å². The van der Waals surface area contributed by atoms with Gasteiger partial charge in [-0.15, -0.1) is 0 Å². The number of nitrogens with zero attached hydrogens (tertiary/aromatic N) is 1. The van der Waals surface area contributed by atoms with Crippen LogP contribution >= 0.6 is 0 Å². The molecule has 0 amide bonds. The predicted octanol–water partition coefficient (Wildman–Crippen LogP) is 2.25. The second-order valence-corrected chi connectivity index (χ2v) is 4.22. The molecule has 0 bridgehead atoms. The third kappa shape index (κ3) is 3.35. The molecule has 0 fully saturated rings. The van der Waals surface area contributed by atoms with Crippen molar-refractivity contribution >= 4 is 0 Å². The van der Waals surface area contributed by atoms with Crippen molar-refractivity contribution in [1.29, 1.82) is 0 Å². The Bertz CT molecular complexity index is 318. The molecule has 0 unspecified atom stereocenters. The molecule has 0 saturated carbocycles. The molecule has 1 aromatic heterocycles. The summed E-state index contributed by atoms with van der Waals surface area (Å²) in [7, 11) is 1.73. The zero-order valence-corrected chi connectivity index (χ0v) is 11.0. The molecule has 0 aliphatic rings. The lowest BCUT2D eigenvalue weighted by Crippen LogP contribution is -2.18. The highest BCUT2D eigenvalue weighted by atomic mass is 16.5.